The van der Waals surface area contributed by atoms with Gasteiger partial charge in [0.25, 0.3) is 0 Å². The maximum absolute atomic E-state index is 12.6. The Hall–Kier alpha value is -2.07. The summed E-state index contributed by atoms with van der Waals surface area (Å²) in [6, 6.07) is 11.3. The van der Waals surface area contributed by atoms with Gasteiger partial charge in [-0.05, 0) is 48.9 Å². The molecule has 0 saturated heterocycles. The second-order valence-electron chi connectivity index (χ2n) is 4.85. The van der Waals surface area contributed by atoms with Crippen LogP contribution in [0.5, 0.6) is 0 Å². The first-order valence-electron chi connectivity index (χ1n) is 6.23. The zero-order chi connectivity index (χ0) is 14.3. The molecule has 0 aliphatic rings. The second-order valence-corrected chi connectivity index (χ2v) is 5.77. The summed E-state index contributed by atoms with van der Waals surface area (Å²) in [6.07, 6.45) is 1.75. The van der Waals surface area contributed by atoms with Gasteiger partial charge in [-0.15, -0.1) is 0 Å². The molecule has 0 amide bonds. The normalized spacial score (nSPS) is 10.9. The minimum Gasteiger partial charge on any atom is -0.399 e. The van der Waals surface area contributed by atoms with Gasteiger partial charge >= 0.3 is 0 Å². The highest BCUT2D eigenvalue weighted by Gasteiger charge is 2.15. The summed E-state index contributed by atoms with van der Waals surface area (Å²) in [5.41, 5.74) is 9.62. The number of carbonyl (C=O) groups is 1. The third-order valence-corrected chi connectivity index (χ3v) is 3.74. The first-order valence-corrected chi connectivity index (χ1v) is 7.02. The number of aryl methyl sites for hydroxylation is 1. The van der Waals surface area contributed by atoms with Crippen molar-refractivity contribution < 1.29 is 4.79 Å². The van der Waals surface area contributed by atoms with Crippen molar-refractivity contribution in [2.45, 2.75) is 6.92 Å². The Bertz CT molecular complexity index is 800. The molecule has 4 heteroatoms. The Balaban J connectivity index is 2.15. The highest BCUT2D eigenvalue weighted by atomic mass is 79.9. The van der Waals surface area contributed by atoms with Crippen molar-refractivity contribution in [3.63, 3.8) is 0 Å². The number of nitrogens with one attached hydrogen (secondary N) is 1. The molecule has 0 aliphatic heterocycles. The number of rotatable bonds is 2. The molecule has 0 unspecified atom stereocenters. The van der Waals surface area contributed by atoms with Crippen LogP contribution in [0.2, 0.25) is 0 Å². The maximum Gasteiger partial charge on any atom is 0.195 e. The Morgan fingerprint density at radius 1 is 1.20 bits per heavy atom. The molecule has 0 atom stereocenters. The van der Waals surface area contributed by atoms with Crippen LogP contribution in [-0.4, -0.2) is 10.8 Å². The lowest BCUT2D eigenvalue weighted by atomic mass is 10.0. The molecule has 0 spiro atoms. The van der Waals surface area contributed by atoms with Crippen LogP contribution in [0, 0.1) is 6.92 Å². The number of H-pyrrole nitrogens is 1. The summed E-state index contributed by atoms with van der Waals surface area (Å²) in [6.45, 7) is 1.93. The topological polar surface area (TPSA) is 58.9 Å². The number of ketones is 1. The Morgan fingerprint density at radius 2 is 2.00 bits per heavy atom. The van der Waals surface area contributed by atoms with Gasteiger partial charge in [-0.2, -0.15) is 0 Å². The van der Waals surface area contributed by atoms with Crippen LogP contribution in [0.1, 0.15) is 21.5 Å². The van der Waals surface area contributed by atoms with Gasteiger partial charge in [-0.25, -0.2) is 0 Å². The summed E-state index contributed by atoms with van der Waals surface area (Å²) < 4.78 is 0.947. The molecule has 3 rings (SSSR count). The summed E-state index contributed by atoms with van der Waals surface area (Å²) in [4.78, 5) is 15.8. The fourth-order valence-electron chi connectivity index (χ4n) is 2.38. The van der Waals surface area contributed by atoms with Crippen LogP contribution in [0.4, 0.5) is 5.69 Å². The average Bonchev–Trinajstić information content (AvgIpc) is 2.79. The van der Waals surface area contributed by atoms with E-state index in [0.29, 0.717) is 16.8 Å². The maximum atomic E-state index is 12.6. The van der Waals surface area contributed by atoms with Gasteiger partial charge in [0.05, 0.1) is 0 Å². The van der Waals surface area contributed by atoms with E-state index in [1.807, 2.05) is 37.3 Å². The van der Waals surface area contributed by atoms with E-state index in [2.05, 4.69) is 20.9 Å². The summed E-state index contributed by atoms with van der Waals surface area (Å²) in [5.74, 6) is -0.0234. The minimum atomic E-state index is -0.0234. The summed E-state index contributed by atoms with van der Waals surface area (Å²) in [7, 11) is 0. The van der Waals surface area contributed by atoms with E-state index in [-0.39, 0.29) is 5.78 Å². The molecular formula is C16H13BrN2O. The quantitative estimate of drug-likeness (QED) is 0.550. The lowest BCUT2D eigenvalue weighted by Gasteiger charge is -2.04. The number of fused-ring (bicyclic) bond motifs is 1. The van der Waals surface area contributed by atoms with E-state index in [1.165, 1.54) is 0 Å². The molecule has 0 radical (unpaired) electrons. The van der Waals surface area contributed by atoms with Crippen LogP contribution in [-0.2, 0) is 0 Å². The largest absolute Gasteiger partial charge is 0.399 e. The molecule has 1 heterocycles. The number of nitrogens with two attached hydrogens (primary N) is 1. The van der Waals surface area contributed by atoms with Crippen LogP contribution < -0.4 is 5.73 Å². The predicted octanol–water partition coefficient (Wildman–Crippen LogP) is 4.05. The van der Waals surface area contributed by atoms with Crippen LogP contribution in [0.25, 0.3) is 10.9 Å². The van der Waals surface area contributed by atoms with E-state index in [9.17, 15) is 4.79 Å². The number of hydrogen-bond acceptors (Lipinski definition) is 2. The van der Waals surface area contributed by atoms with Gasteiger partial charge in [0.1, 0.15) is 0 Å². The smallest absolute Gasteiger partial charge is 0.195 e. The Labute approximate surface area is 124 Å². The van der Waals surface area contributed by atoms with Crippen molar-refractivity contribution in [1.29, 1.82) is 0 Å². The molecule has 0 aliphatic carbocycles. The molecule has 0 saturated carbocycles. The lowest BCUT2D eigenvalue weighted by Crippen LogP contribution is -2.02. The van der Waals surface area contributed by atoms with Crippen molar-refractivity contribution in [2.24, 2.45) is 0 Å². The molecule has 100 valence electrons. The molecule has 3 nitrogen and oxygen atoms in total. The standard InChI is InChI=1S/C16H13BrN2O/c1-9-4-10(6-12(18)5-9)16(20)14-8-19-15-3-2-11(17)7-13(14)15/h2-8,19H,18H2,1H3. The predicted molar refractivity (Wildman–Crippen MR) is 85.0 cm³/mol. The first-order chi connectivity index (χ1) is 9.54. The monoisotopic (exact) mass is 328 g/mol. The molecular weight excluding hydrogens is 316 g/mol. The van der Waals surface area contributed by atoms with Crippen molar-refractivity contribution in [3.05, 3.63) is 63.8 Å². The average molecular weight is 329 g/mol. The van der Waals surface area contributed by atoms with Gasteiger partial charge in [0.2, 0.25) is 0 Å². The van der Waals surface area contributed by atoms with Crippen molar-refractivity contribution in [1.82, 2.24) is 4.98 Å². The highest BCUT2D eigenvalue weighted by Crippen LogP contribution is 2.25. The zero-order valence-corrected chi connectivity index (χ0v) is 12.5. The van der Waals surface area contributed by atoms with Gasteiger partial charge in [0, 0.05) is 38.4 Å². The molecule has 3 N–H and O–H groups in total. The number of carbonyl (C=O) groups excluding carboxylic acids is 1. The van der Waals surface area contributed by atoms with Crippen LogP contribution in [0.3, 0.4) is 0 Å². The Kier molecular flexibility index (Phi) is 3.10. The van der Waals surface area contributed by atoms with Gasteiger partial charge in [-0.1, -0.05) is 15.9 Å². The fourth-order valence-corrected chi connectivity index (χ4v) is 2.74. The van der Waals surface area contributed by atoms with Gasteiger partial charge in [0.15, 0.2) is 5.78 Å². The second kappa shape index (κ2) is 4.80. The van der Waals surface area contributed by atoms with Gasteiger partial charge < -0.3 is 10.7 Å². The van der Waals surface area contributed by atoms with E-state index < -0.39 is 0 Å². The number of benzene rings is 2. The number of hydrogen-bond donors (Lipinski definition) is 2. The molecule has 3 aromatic rings. The molecule has 0 bridgehead atoms. The van der Waals surface area contributed by atoms with E-state index in [4.69, 9.17) is 5.73 Å². The van der Waals surface area contributed by atoms with Crippen LogP contribution >= 0.6 is 15.9 Å². The number of nitrogen functional groups attached to an aromatic ring is 1. The van der Waals surface area contributed by atoms with Gasteiger partial charge in [-0.3, -0.25) is 4.79 Å². The minimum absolute atomic E-state index is 0.0234. The van der Waals surface area contributed by atoms with Crippen molar-refractivity contribution >= 4 is 38.3 Å². The number of aromatic amines is 1. The van der Waals surface area contributed by atoms with E-state index in [0.717, 1.165) is 20.9 Å². The molecule has 0 fully saturated rings. The SMILES string of the molecule is Cc1cc(N)cc(C(=O)c2c[nH]c3ccc(Br)cc23)c1. The molecule has 20 heavy (non-hydrogen) atoms. The first kappa shape index (κ1) is 12.9. The summed E-state index contributed by atoms with van der Waals surface area (Å²) in [5, 5.41) is 0.907. The number of halogens is 1. The van der Waals surface area contributed by atoms with Crippen molar-refractivity contribution in [2.75, 3.05) is 5.73 Å². The number of anilines is 1. The van der Waals surface area contributed by atoms with Crippen LogP contribution in [0.15, 0.2) is 47.1 Å². The Morgan fingerprint density at radius 3 is 2.75 bits per heavy atom. The third kappa shape index (κ3) is 2.23. The number of aromatic nitrogens is 1. The molecule has 1 aromatic heterocycles. The fraction of sp³-hybridized carbons (Fsp3) is 0.0625. The highest BCUT2D eigenvalue weighted by molar-refractivity contribution is 9.10. The molecule has 2 aromatic carbocycles. The van der Waals surface area contributed by atoms with E-state index >= 15 is 0 Å². The third-order valence-electron chi connectivity index (χ3n) is 3.25. The zero-order valence-electron chi connectivity index (χ0n) is 10.9. The summed E-state index contributed by atoms with van der Waals surface area (Å²) >= 11 is 3.43. The lowest BCUT2D eigenvalue weighted by molar-refractivity contribution is 0.104. The van der Waals surface area contributed by atoms with Crippen molar-refractivity contribution in [3.8, 4) is 0 Å². The van der Waals surface area contributed by atoms with E-state index in [1.54, 1.807) is 12.3 Å².